The lowest BCUT2D eigenvalue weighted by Gasteiger charge is -2.54. The second-order valence-electron chi connectivity index (χ2n) is 4.96. The molecule has 0 atom stereocenters. The minimum Gasteiger partial charge on any atom is -0.743 e. The van der Waals surface area contributed by atoms with Gasteiger partial charge in [-0.3, -0.25) is 0 Å². The summed E-state index contributed by atoms with van der Waals surface area (Å²) in [6.07, 6.45) is -45.0. The Hall–Kier alpha value is -1.28. The molecule has 0 radical (unpaired) electrons. The van der Waals surface area contributed by atoms with Crippen LogP contribution in [0.5, 0.6) is 0 Å². The van der Waals surface area contributed by atoms with Crippen molar-refractivity contribution in [2.45, 2.75) is 36.1 Å². The van der Waals surface area contributed by atoms with Crippen molar-refractivity contribution in [3.8, 4) is 0 Å². The fourth-order valence-electron chi connectivity index (χ4n) is 2.44. The minimum absolute atomic E-state index is 8.91. The Bertz CT molecular complexity index is 664. The first kappa shape index (κ1) is 27.7. The Balaban J connectivity index is 8.70. The molecule has 0 saturated heterocycles. The van der Waals surface area contributed by atoms with Crippen LogP contribution >= 0.6 is 0 Å². The van der Waals surface area contributed by atoms with E-state index in [2.05, 4.69) is 0 Å². The maximum Gasteiger partial charge on any atom is 0.413 e. The van der Waals surface area contributed by atoms with E-state index in [1.54, 1.807) is 0 Å². The molecule has 0 unspecified atom stereocenters. The Morgan fingerprint density at radius 2 is 0.586 bits per heavy atom. The van der Waals surface area contributed by atoms with E-state index in [0.717, 1.165) is 0 Å². The van der Waals surface area contributed by atoms with Crippen molar-refractivity contribution in [3.63, 3.8) is 0 Å². The normalized spacial score (nSPS) is 16.9. The molecular weight excluding hydrogens is 499 g/mol. The zero-order valence-corrected chi connectivity index (χ0v) is 12.9. The van der Waals surface area contributed by atoms with Crippen LogP contribution in [0.25, 0.3) is 0 Å². The van der Waals surface area contributed by atoms with E-state index in [1.165, 1.54) is 0 Å². The van der Waals surface area contributed by atoms with Gasteiger partial charge in [-0.05, 0) is 0 Å². The highest BCUT2D eigenvalue weighted by molar-refractivity contribution is 7.86. The summed E-state index contributed by atoms with van der Waals surface area (Å²) in [6.45, 7) is 0. The van der Waals surface area contributed by atoms with Gasteiger partial charge in [0.1, 0.15) is 0 Å². The average Bonchev–Trinajstić information content (AvgIpc) is 2.24. The van der Waals surface area contributed by atoms with Gasteiger partial charge in [-0.2, -0.15) is 74.6 Å². The Morgan fingerprint density at radius 1 is 0.414 bits per heavy atom. The van der Waals surface area contributed by atoms with Crippen LogP contribution in [0.3, 0.4) is 0 Å². The quantitative estimate of drug-likeness (QED) is 0.410. The van der Waals surface area contributed by atoms with Crippen molar-refractivity contribution < 1.29 is 87.6 Å². The van der Waals surface area contributed by atoms with E-state index in [9.17, 15) is 87.6 Å². The summed E-state index contributed by atoms with van der Waals surface area (Å²) in [4.78, 5) is 0. The van der Waals surface area contributed by atoms with Crippen LogP contribution in [-0.4, -0.2) is 49.1 Å². The monoisotopic (exact) mass is 499 g/mol. The molecule has 0 N–H and O–H groups in total. The van der Waals surface area contributed by atoms with E-state index < -0.39 is 57.1 Å². The molecule has 0 fully saturated rings. The fraction of sp³-hybridized carbons (Fsp3) is 1.00. The molecule has 0 aromatic rings. The molecule has 0 aromatic heterocycles. The fourth-order valence-corrected chi connectivity index (χ4v) is 3.20. The first-order chi connectivity index (χ1) is 12.0. The highest BCUT2D eigenvalue weighted by Gasteiger charge is 3.06. The molecule has 0 spiro atoms. The second-order valence-corrected chi connectivity index (χ2v) is 6.38. The summed E-state index contributed by atoms with van der Waals surface area (Å²) in [5.74, 6) is 0. The van der Waals surface area contributed by atoms with Gasteiger partial charge in [0.2, 0.25) is 0 Å². The smallest absolute Gasteiger partial charge is 0.413 e. The molecule has 0 aliphatic rings. The summed E-state index contributed by atoms with van der Waals surface area (Å²) >= 11 is 0. The molecule has 29 heavy (non-hydrogen) atoms. The van der Waals surface area contributed by atoms with E-state index in [-0.39, 0.29) is 0 Å². The third-order valence-corrected chi connectivity index (χ3v) is 4.37. The zero-order chi connectivity index (χ0) is 24.5. The molecule has 176 valence electrons. The van der Waals surface area contributed by atoms with Crippen molar-refractivity contribution in [1.82, 2.24) is 0 Å². The SMILES string of the molecule is O=S(=O)([O-])C(F)(F)C(C(F)(F)F)(C(F)(F)F)C(C(F)(F)F)(C(F)(F)F)C(F)(F)F. The van der Waals surface area contributed by atoms with Crippen LogP contribution in [0.15, 0.2) is 0 Å². The molecule has 0 bridgehead atoms. The number of halogens is 17. The van der Waals surface area contributed by atoms with E-state index >= 15 is 0 Å². The van der Waals surface area contributed by atoms with Crippen molar-refractivity contribution >= 4 is 10.1 Å². The first-order valence-electron chi connectivity index (χ1n) is 5.67. The second kappa shape index (κ2) is 6.36. The molecule has 0 amide bonds. The molecule has 0 aliphatic carbocycles. The van der Waals surface area contributed by atoms with Crippen LogP contribution < -0.4 is 0 Å². The topological polar surface area (TPSA) is 57.2 Å². The predicted octanol–water partition coefficient (Wildman–Crippen LogP) is 4.91. The maximum absolute atomic E-state index is 13.5. The van der Waals surface area contributed by atoms with Crippen LogP contribution in [0.2, 0.25) is 0 Å². The van der Waals surface area contributed by atoms with E-state index in [0.29, 0.717) is 0 Å². The third kappa shape index (κ3) is 3.26. The molecule has 0 aliphatic heterocycles. The molecule has 3 nitrogen and oxygen atoms in total. The molecule has 0 heterocycles. The third-order valence-electron chi connectivity index (χ3n) is 3.44. The van der Waals surface area contributed by atoms with Gasteiger partial charge in [-0.1, -0.05) is 0 Å². The lowest BCUT2D eigenvalue weighted by atomic mass is 9.59. The Kier molecular flexibility index (Phi) is 6.08. The van der Waals surface area contributed by atoms with Crippen LogP contribution in [0.1, 0.15) is 0 Å². The van der Waals surface area contributed by atoms with Gasteiger partial charge in [0.25, 0.3) is 10.8 Å². The van der Waals surface area contributed by atoms with Crippen molar-refractivity contribution in [2.75, 3.05) is 0 Å². The number of rotatable bonds is 3. The number of alkyl halides is 17. The number of hydrogen-bond donors (Lipinski definition) is 0. The summed E-state index contributed by atoms with van der Waals surface area (Å²) in [5, 5.41) is -8.92. The van der Waals surface area contributed by atoms with Crippen molar-refractivity contribution in [3.05, 3.63) is 0 Å². The van der Waals surface area contributed by atoms with Gasteiger partial charge in [-0.15, -0.1) is 0 Å². The van der Waals surface area contributed by atoms with Gasteiger partial charge in [0, 0.05) is 0 Å². The van der Waals surface area contributed by atoms with Gasteiger partial charge in [0.15, 0.2) is 10.1 Å². The minimum atomic E-state index is -9.59. The van der Waals surface area contributed by atoms with Gasteiger partial charge < -0.3 is 4.55 Å². The lowest BCUT2D eigenvalue weighted by molar-refractivity contribution is -0.543. The average molecular weight is 499 g/mol. The molecule has 0 aromatic carbocycles. The Morgan fingerprint density at radius 3 is 0.690 bits per heavy atom. The summed E-state index contributed by atoms with van der Waals surface area (Å²) in [6, 6.07) is 0. The lowest BCUT2D eigenvalue weighted by Crippen LogP contribution is -2.82. The predicted molar refractivity (Wildman–Crippen MR) is 49.8 cm³/mol. The van der Waals surface area contributed by atoms with Gasteiger partial charge in [0.05, 0.1) is 0 Å². The summed E-state index contributed by atoms with van der Waals surface area (Å²) in [5.41, 5.74) is -19.1. The van der Waals surface area contributed by atoms with Crippen molar-refractivity contribution in [2.24, 2.45) is 10.8 Å². The maximum atomic E-state index is 13.5. The van der Waals surface area contributed by atoms with E-state index in [1.807, 2.05) is 0 Å². The molecule has 0 saturated carbocycles. The Labute approximate surface area is 146 Å². The zero-order valence-electron chi connectivity index (χ0n) is 12.1. The van der Waals surface area contributed by atoms with E-state index in [4.69, 9.17) is 0 Å². The first-order valence-corrected chi connectivity index (χ1v) is 7.08. The summed E-state index contributed by atoms with van der Waals surface area (Å²) < 4.78 is 250. The summed E-state index contributed by atoms with van der Waals surface area (Å²) in [7, 11) is -8.91. The highest BCUT2D eigenvalue weighted by atomic mass is 32.2. The molecule has 0 rings (SSSR count). The van der Waals surface area contributed by atoms with Gasteiger partial charge >= 0.3 is 36.1 Å². The molecular formula is C8F17O3S-. The largest absolute Gasteiger partial charge is 0.743 e. The standard InChI is InChI=1S/C8HF17O3S/c9-3(10,11)1(4(12,13)14,5(15,16)17)2(6(18,19)20,7(21,22)23)8(24,25)29(26,27)28/h(H,26,27,28)/p-1. The van der Waals surface area contributed by atoms with Gasteiger partial charge in [-0.25, -0.2) is 8.42 Å². The molecule has 21 heteroatoms. The van der Waals surface area contributed by atoms with Crippen molar-refractivity contribution in [1.29, 1.82) is 0 Å². The van der Waals surface area contributed by atoms with Crippen LogP contribution in [-0.2, 0) is 10.1 Å². The van der Waals surface area contributed by atoms with Crippen LogP contribution in [0, 0.1) is 10.8 Å². The highest BCUT2D eigenvalue weighted by Crippen LogP contribution is 2.79. The van der Waals surface area contributed by atoms with Crippen LogP contribution in [0.4, 0.5) is 74.6 Å². The number of hydrogen-bond acceptors (Lipinski definition) is 3.